The Labute approximate surface area is 67.7 Å². The maximum atomic E-state index is 11.5. The summed E-state index contributed by atoms with van der Waals surface area (Å²) in [5.41, 5.74) is 0. The van der Waals surface area contributed by atoms with Crippen LogP contribution < -0.4 is 0 Å². The van der Waals surface area contributed by atoms with Gasteiger partial charge in [-0.1, -0.05) is 0 Å². The Kier molecular flexibility index (Phi) is 2.56. The number of aliphatic hydroxyl groups is 1. The number of aliphatic hydroxyl groups excluding tert-OH is 1. The van der Waals surface area contributed by atoms with Gasteiger partial charge in [0.25, 0.3) is 0 Å². The monoisotopic (exact) mass is 174 g/mol. The number of rotatable bonds is 1. The van der Waals surface area contributed by atoms with Crippen molar-refractivity contribution < 1.29 is 9.67 Å². The average Bonchev–Trinajstić information content (AvgIpc) is 1.86. The molecule has 1 aliphatic carbocycles. The molecule has 0 fully saturated rings. The fraction of sp³-hybridized carbons (Fsp3) is 0.750. The van der Waals surface area contributed by atoms with Gasteiger partial charge >= 0.3 is 0 Å². The van der Waals surface area contributed by atoms with Crippen molar-refractivity contribution in [3.8, 4) is 0 Å². The van der Waals surface area contributed by atoms with Gasteiger partial charge in [0.1, 0.15) is 7.14 Å². The van der Waals surface area contributed by atoms with E-state index in [2.05, 4.69) is 0 Å². The molecule has 0 radical (unpaired) electrons. The molecule has 1 N–H and O–H groups in total. The summed E-state index contributed by atoms with van der Waals surface area (Å²) in [7, 11) is -2.08. The molecule has 0 aromatic carbocycles. The predicted molar refractivity (Wildman–Crippen MR) is 47.4 cm³/mol. The van der Waals surface area contributed by atoms with Gasteiger partial charge in [0.15, 0.2) is 0 Å². The summed E-state index contributed by atoms with van der Waals surface area (Å²) in [6.07, 6.45) is 4.11. The molecule has 0 aromatic rings. The molecule has 1 atom stereocenters. The van der Waals surface area contributed by atoms with Crippen LogP contribution in [0.5, 0.6) is 0 Å². The van der Waals surface area contributed by atoms with E-state index in [-0.39, 0.29) is 6.10 Å². The highest BCUT2D eigenvalue weighted by atomic mass is 31.2. The van der Waals surface area contributed by atoms with Crippen molar-refractivity contribution >= 4 is 7.14 Å². The van der Waals surface area contributed by atoms with Crippen molar-refractivity contribution in [2.75, 3.05) is 13.3 Å². The van der Waals surface area contributed by atoms with E-state index in [4.69, 9.17) is 0 Å². The maximum Gasteiger partial charge on any atom is 0.105 e. The van der Waals surface area contributed by atoms with Gasteiger partial charge in [-0.05, 0) is 44.0 Å². The van der Waals surface area contributed by atoms with Crippen LogP contribution in [0.3, 0.4) is 0 Å². The van der Waals surface area contributed by atoms with E-state index in [0.29, 0.717) is 0 Å². The Balaban J connectivity index is 2.80. The van der Waals surface area contributed by atoms with Gasteiger partial charge in [0, 0.05) is 0 Å². The van der Waals surface area contributed by atoms with Gasteiger partial charge in [0.2, 0.25) is 0 Å². The van der Waals surface area contributed by atoms with Crippen LogP contribution in [-0.4, -0.2) is 24.5 Å². The molecule has 1 rings (SSSR count). The first-order valence-corrected chi connectivity index (χ1v) is 6.54. The number of hydrogen-bond acceptors (Lipinski definition) is 2. The minimum absolute atomic E-state index is 0.355. The molecule has 0 spiro atoms. The molecule has 3 heteroatoms. The molecule has 0 aliphatic heterocycles. The second-order valence-corrected chi connectivity index (χ2v) is 6.74. The van der Waals surface area contributed by atoms with Crippen molar-refractivity contribution in [3.05, 3.63) is 11.4 Å². The average molecular weight is 174 g/mol. The Bertz CT molecular complexity index is 214. The summed E-state index contributed by atoms with van der Waals surface area (Å²) >= 11 is 0. The van der Waals surface area contributed by atoms with Gasteiger partial charge in [0.05, 0.1) is 6.10 Å². The van der Waals surface area contributed by atoms with E-state index in [1.807, 2.05) is 0 Å². The lowest BCUT2D eigenvalue weighted by atomic mass is 10.1. The lowest BCUT2D eigenvalue weighted by Crippen LogP contribution is -2.08. The third kappa shape index (κ3) is 2.46. The zero-order valence-corrected chi connectivity index (χ0v) is 7.97. The highest BCUT2D eigenvalue weighted by Crippen LogP contribution is 2.49. The third-order valence-electron chi connectivity index (χ3n) is 2.01. The number of allylic oxidation sites excluding steroid dienone is 1. The minimum atomic E-state index is -2.08. The van der Waals surface area contributed by atoms with E-state index in [0.717, 1.165) is 24.6 Å². The Morgan fingerprint density at radius 2 is 2.27 bits per heavy atom. The second-order valence-electron chi connectivity index (χ2n) is 3.47. The van der Waals surface area contributed by atoms with Crippen molar-refractivity contribution in [1.29, 1.82) is 0 Å². The minimum Gasteiger partial charge on any atom is -0.389 e. The molecule has 0 saturated carbocycles. The smallest absolute Gasteiger partial charge is 0.105 e. The molecule has 64 valence electrons. The Morgan fingerprint density at radius 3 is 2.64 bits per heavy atom. The van der Waals surface area contributed by atoms with Crippen LogP contribution in [0.25, 0.3) is 0 Å². The van der Waals surface area contributed by atoms with Crippen LogP contribution >= 0.6 is 7.14 Å². The standard InChI is InChI=1S/C8H15O2P/c1-11(2,10)8-5-3-4-7(9)6-8/h6-7,9H,3-5H2,1-2H3. The maximum absolute atomic E-state index is 11.5. The first-order valence-electron chi connectivity index (χ1n) is 3.94. The molecular weight excluding hydrogens is 159 g/mol. The fourth-order valence-corrected chi connectivity index (χ4v) is 2.56. The largest absolute Gasteiger partial charge is 0.389 e. The summed E-state index contributed by atoms with van der Waals surface area (Å²) in [4.78, 5) is 0. The van der Waals surface area contributed by atoms with Crippen LogP contribution in [0, 0.1) is 0 Å². The third-order valence-corrected chi connectivity index (χ3v) is 3.77. The molecular formula is C8H15O2P. The van der Waals surface area contributed by atoms with E-state index >= 15 is 0 Å². The molecule has 0 heterocycles. The first-order chi connectivity index (χ1) is 5.00. The summed E-state index contributed by atoms with van der Waals surface area (Å²) in [6.45, 7) is 3.52. The van der Waals surface area contributed by atoms with Gasteiger partial charge in [-0.15, -0.1) is 0 Å². The van der Waals surface area contributed by atoms with Crippen molar-refractivity contribution in [3.63, 3.8) is 0 Å². The molecule has 2 nitrogen and oxygen atoms in total. The van der Waals surface area contributed by atoms with Crippen LogP contribution in [0.1, 0.15) is 19.3 Å². The topological polar surface area (TPSA) is 37.3 Å². The lowest BCUT2D eigenvalue weighted by Gasteiger charge is -2.19. The fourth-order valence-electron chi connectivity index (χ4n) is 1.33. The van der Waals surface area contributed by atoms with Crippen molar-refractivity contribution in [2.45, 2.75) is 25.4 Å². The van der Waals surface area contributed by atoms with E-state index in [1.165, 1.54) is 0 Å². The van der Waals surface area contributed by atoms with Crippen molar-refractivity contribution in [2.24, 2.45) is 0 Å². The van der Waals surface area contributed by atoms with Gasteiger partial charge in [-0.3, -0.25) is 0 Å². The molecule has 11 heavy (non-hydrogen) atoms. The van der Waals surface area contributed by atoms with E-state index < -0.39 is 7.14 Å². The first kappa shape index (κ1) is 9.02. The molecule has 0 amide bonds. The van der Waals surface area contributed by atoms with E-state index in [9.17, 15) is 9.67 Å². The summed E-state index contributed by atoms with van der Waals surface area (Å²) in [5.74, 6) is 0. The van der Waals surface area contributed by atoms with Crippen molar-refractivity contribution in [1.82, 2.24) is 0 Å². The predicted octanol–water partition coefficient (Wildman–Crippen LogP) is 2.04. The molecule has 1 aliphatic rings. The second kappa shape index (κ2) is 3.12. The summed E-state index contributed by atoms with van der Waals surface area (Å²) in [5, 5.41) is 10.2. The molecule has 0 bridgehead atoms. The quantitative estimate of drug-likeness (QED) is 0.617. The SMILES string of the molecule is CP(C)(=O)C1=CC(O)CCC1. The molecule has 1 unspecified atom stereocenters. The number of hydrogen-bond donors (Lipinski definition) is 1. The normalized spacial score (nSPS) is 26.5. The highest BCUT2D eigenvalue weighted by Gasteiger charge is 2.19. The van der Waals surface area contributed by atoms with Gasteiger partial charge in [-0.25, -0.2) is 0 Å². The van der Waals surface area contributed by atoms with Crippen LogP contribution in [0.15, 0.2) is 11.4 Å². The zero-order valence-electron chi connectivity index (χ0n) is 7.08. The van der Waals surface area contributed by atoms with E-state index in [1.54, 1.807) is 19.4 Å². The van der Waals surface area contributed by atoms with Crippen LogP contribution in [0.4, 0.5) is 0 Å². The summed E-state index contributed by atoms with van der Waals surface area (Å²) < 4.78 is 11.5. The zero-order chi connectivity index (χ0) is 8.48. The van der Waals surface area contributed by atoms with Gasteiger partial charge in [-0.2, -0.15) is 0 Å². The Hall–Kier alpha value is -0.0700. The van der Waals surface area contributed by atoms with Crippen LogP contribution in [-0.2, 0) is 4.57 Å². The Morgan fingerprint density at radius 1 is 1.64 bits per heavy atom. The highest BCUT2D eigenvalue weighted by molar-refractivity contribution is 7.66. The molecule has 0 aromatic heterocycles. The van der Waals surface area contributed by atoms with Crippen LogP contribution in [0.2, 0.25) is 0 Å². The summed E-state index contributed by atoms with van der Waals surface area (Å²) in [6, 6.07) is 0. The van der Waals surface area contributed by atoms with Gasteiger partial charge < -0.3 is 9.67 Å². The molecule has 0 saturated heterocycles. The lowest BCUT2D eigenvalue weighted by molar-refractivity contribution is 0.203.